The third kappa shape index (κ3) is 3.24. The number of nitriles is 1. The average Bonchev–Trinajstić information content (AvgIpc) is 3.14. The summed E-state index contributed by atoms with van der Waals surface area (Å²) in [6, 6.07) is 19.7. The van der Waals surface area contributed by atoms with Gasteiger partial charge in [-0.15, -0.1) is 0 Å². The van der Waals surface area contributed by atoms with Crippen molar-refractivity contribution in [1.82, 2.24) is 4.98 Å². The van der Waals surface area contributed by atoms with E-state index in [1.165, 1.54) is 5.69 Å². The van der Waals surface area contributed by atoms with Crippen molar-refractivity contribution in [2.45, 2.75) is 0 Å². The maximum atomic E-state index is 9.45. The Morgan fingerprint density at radius 1 is 0.923 bits per heavy atom. The minimum Gasteiger partial charge on any atom is -0.419 e. The van der Waals surface area contributed by atoms with Crippen LogP contribution in [0.1, 0.15) is 5.69 Å². The first-order chi connectivity index (χ1) is 12.7. The molecule has 1 saturated heterocycles. The van der Waals surface area contributed by atoms with Gasteiger partial charge in [0.05, 0.1) is 0 Å². The number of halogens is 1. The van der Waals surface area contributed by atoms with Gasteiger partial charge in [0.1, 0.15) is 6.07 Å². The molecule has 0 aliphatic carbocycles. The summed E-state index contributed by atoms with van der Waals surface area (Å²) in [4.78, 5) is 8.77. The van der Waals surface area contributed by atoms with Gasteiger partial charge in [-0.1, -0.05) is 29.8 Å². The zero-order valence-corrected chi connectivity index (χ0v) is 14.9. The Hall–Kier alpha value is -2.97. The average molecular weight is 365 g/mol. The number of benzene rings is 2. The molecule has 0 radical (unpaired) electrons. The van der Waals surface area contributed by atoms with Crippen molar-refractivity contribution in [3.63, 3.8) is 0 Å². The van der Waals surface area contributed by atoms with Crippen molar-refractivity contribution in [2.75, 3.05) is 36.0 Å². The van der Waals surface area contributed by atoms with Gasteiger partial charge in [0.25, 0.3) is 0 Å². The van der Waals surface area contributed by atoms with E-state index in [0.29, 0.717) is 22.5 Å². The Balaban J connectivity index is 1.53. The molecule has 1 aliphatic heterocycles. The first kappa shape index (κ1) is 16.5. The fourth-order valence-corrected chi connectivity index (χ4v) is 3.25. The van der Waals surface area contributed by atoms with Crippen LogP contribution in [0.5, 0.6) is 0 Å². The van der Waals surface area contributed by atoms with Gasteiger partial charge in [0.2, 0.25) is 17.5 Å². The quantitative estimate of drug-likeness (QED) is 0.697. The van der Waals surface area contributed by atoms with Crippen LogP contribution in [-0.4, -0.2) is 31.2 Å². The summed E-state index contributed by atoms with van der Waals surface area (Å²) in [5.41, 5.74) is 2.34. The third-order valence-electron chi connectivity index (χ3n) is 4.49. The lowest BCUT2D eigenvalue weighted by Crippen LogP contribution is -2.46. The topological polar surface area (TPSA) is 56.3 Å². The van der Waals surface area contributed by atoms with Crippen LogP contribution in [-0.2, 0) is 0 Å². The number of hydrogen-bond donors (Lipinski definition) is 0. The van der Waals surface area contributed by atoms with E-state index in [2.05, 4.69) is 33.0 Å². The largest absolute Gasteiger partial charge is 0.419 e. The Morgan fingerprint density at radius 2 is 1.58 bits per heavy atom. The van der Waals surface area contributed by atoms with E-state index in [-0.39, 0.29) is 0 Å². The van der Waals surface area contributed by atoms with Crippen molar-refractivity contribution < 1.29 is 4.42 Å². The summed E-state index contributed by atoms with van der Waals surface area (Å²) in [5.74, 6) is 0.990. The van der Waals surface area contributed by atoms with E-state index in [9.17, 15) is 5.26 Å². The van der Waals surface area contributed by atoms with Crippen molar-refractivity contribution in [1.29, 1.82) is 5.26 Å². The first-order valence-corrected chi connectivity index (χ1v) is 8.84. The lowest BCUT2D eigenvalue weighted by Gasteiger charge is -2.35. The molecule has 0 bridgehead atoms. The standard InChI is InChI=1S/C20H17ClN4O/c21-16-8-6-15(7-9-16)19-23-18(14-22)20(26-19)25-12-10-24(11-13-25)17-4-2-1-3-5-17/h1-9H,10-13H2. The number of para-hydroxylation sites is 1. The van der Waals surface area contributed by atoms with Gasteiger partial charge in [-0.2, -0.15) is 10.2 Å². The molecule has 0 amide bonds. The Labute approximate surface area is 157 Å². The first-order valence-electron chi connectivity index (χ1n) is 8.46. The molecule has 1 aliphatic rings. The SMILES string of the molecule is N#Cc1nc(-c2ccc(Cl)cc2)oc1N1CCN(c2ccccc2)CC1. The van der Waals surface area contributed by atoms with Crippen LogP contribution in [0.2, 0.25) is 5.02 Å². The van der Waals surface area contributed by atoms with E-state index in [1.807, 2.05) is 30.3 Å². The van der Waals surface area contributed by atoms with E-state index in [1.54, 1.807) is 12.1 Å². The summed E-state index contributed by atoms with van der Waals surface area (Å²) >= 11 is 5.93. The van der Waals surface area contributed by atoms with Crippen molar-refractivity contribution >= 4 is 23.2 Å². The second kappa shape index (κ2) is 7.11. The number of oxazole rings is 1. The van der Waals surface area contributed by atoms with Crippen LogP contribution in [0.25, 0.3) is 11.5 Å². The highest BCUT2D eigenvalue weighted by Gasteiger charge is 2.24. The summed E-state index contributed by atoms with van der Waals surface area (Å²) in [7, 11) is 0. The lowest BCUT2D eigenvalue weighted by atomic mass is 10.2. The monoisotopic (exact) mass is 364 g/mol. The fourth-order valence-electron chi connectivity index (χ4n) is 3.12. The molecule has 2 aromatic carbocycles. The molecule has 3 aromatic rings. The molecule has 1 fully saturated rings. The highest BCUT2D eigenvalue weighted by Crippen LogP contribution is 2.30. The summed E-state index contributed by atoms with van der Waals surface area (Å²) in [6.07, 6.45) is 0. The van der Waals surface area contributed by atoms with Gasteiger partial charge in [-0.05, 0) is 36.4 Å². The predicted molar refractivity (Wildman–Crippen MR) is 103 cm³/mol. The van der Waals surface area contributed by atoms with Crippen LogP contribution in [0.15, 0.2) is 59.0 Å². The number of anilines is 2. The second-order valence-electron chi connectivity index (χ2n) is 6.10. The van der Waals surface area contributed by atoms with Crippen LogP contribution >= 0.6 is 11.6 Å². The van der Waals surface area contributed by atoms with Crippen molar-refractivity contribution in [2.24, 2.45) is 0 Å². The molecule has 0 atom stereocenters. The van der Waals surface area contributed by atoms with Gasteiger partial charge in [0, 0.05) is 42.5 Å². The Morgan fingerprint density at radius 3 is 2.23 bits per heavy atom. The normalized spacial score (nSPS) is 14.3. The minimum absolute atomic E-state index is 0.322. The zero-order valence-electron chi connectivity index (χ0n) is 14.1. The summed E-state index contributed by atoms with van der Waals surface area (Å²) < 4.78 is 5.94. The molecule has 26 heavy (non-hydrogen) atoms. The molecule has 6 heteroatoms. The minimum atomic E-state index is 0.322. The maximum Gasteiger partial charge on any atom is 0.235 e. The zero-order chi connectivity index (χ0) is 17.9. The summed E-state index contributed by atoms with van der Waals surface area (Å²) in [5, 5.41) is 10.1. The maximum absolute atomic E-state index is 9.45. The second-order valence-corrected chi connectivity index (χ2v) is 6.54. The molecular formula is C20H17ClN4O. The molecular weight excluding hydrogens is 348 g/mol. The Bertz CT molecular complexity index is 923. The van der Waals surface area contributed by atoms with E-state index in [0.717, 1.165) is 31.7 Å². The molecule has 0 saturated carbocycles. The number of hydrogen-bond acceptors (Lipinski definition) is 5. The van der Waals surface area contributed by atoms with E-state index in [4.69, 9.17) is 16.0 Å². The molecule has 0 N–H and O–H groups in total. The molecule has 0 spiro atoms. The van der Waals surface area contributed by atoms with Gasteiger partial charge in [-0.3, -0.25) is 0 Å². The number of rotatable bonds is 3. The molecule has 130 valence electrons. The fraction of sp³-hybridized carbons (Fsp3) is 0.200. The van der Waals surface area contributed by atoms with E-state index < -0.39 is 0 Å². The molecule has 2 heterocycles. The van der Waals surface area contributed by atoms with Crippen LogP contribution in [0.4, 0.5) is 11.6 Å². The van der Waals surface area contributed by atoms with Gasteiger partial charge in [0.15, 0.2) is 0 Å². The van der Waals surface area contributed by atoms with E-state index >= 15 is 0 Å². The highest BCUT2D eigenvalue weighted by atomic mass is 35.5. The van der Waals surface area contributed by atoms with Crippen LogP contribution < -0.4 is 9.80 Å². The van der Waals surface area contributed by atoms with Crippen LogP contribution in [0.3, 0.4) is 0 Å². The highest BCUT2D eigenvalue weighted by molar-refractivity contribution is 6.30. The molecule has 0 unspecified atom stereocenters. The van der Waals surface area contributed by atoms with Crippen LogP contribution in [0, 0.1) is 11.3 Å². The van der Waals surface area contributed by atoms with Crippen molar-refractivity contribution in [3.8, 4) is 17.5 Å². The third-order valence-corrected chi connectivity index (χ3v) is 4.75. The van der Waals surface area contributed by atoms with Gasteiger partial charge < -0.3 is 14.2 Å². The van der Waals surface area contributed by atoms with Gasteiger partial charge >= 0.3 is 0 Å². The molecule has 4 rings (SSSR count). The Kier molecular flexibility index (Phi) is 4.51. The molecule has 1 aromatic heterocycles. The van der Waals surface area contributed by atoms with Crippen molar-refractivity contribution in [3.05, 3.63) is 65.3 Å². The predicted octanol–water partition coefficient (Wildman–Crippen LogP) is 4.19. The lowest BCUT2D eigenvalue weighted by molar-refractivity contribution is 0.531. The number of piperazine rings is 1. The van der Waals surface area contributed by atoms with Gasteiger partial charge in [-0.25, -0.2) is 0 Å². The summed E-state index contributed by atoms with van der Waals surface area (Å²) in [6.45, 7) is 3.29. The smallest absolute Gasteiger partial charge is 0.235 e. The number of nitrogens with zero attached hydrogens (tertiary/aromatic N) is 4. The number of aromatic nitrogens is 1. The molecule has 5 nitrogen and oxygen atoms in total.